The molecular weight excluding hydrogens is 292 g/mol. The molecule has 0 aliphatic heterocycles. The lowest BCUT2D eigenvalue weighted by Gasteiger charge is -2.32. The summed E-state index contributed by atoms with van der Waals surface area (Å²) in [5.74, 6) is 1.58. The minimum absolute atomic E-state index is 0.762. The Labute approximate surface area is 146 Å². The molecule has 0 spiro atoms. The zero-order valence-electron chi connectivity index (χ0n) is 14.6. The van der Waals surface area contributed by atoms with Gasteiger partial charge in [0, 0.05) is 19.6 Å². The third-order valence-electron chi connectivity index (χ3n) is 5.31. The van der Waals surface area contributed by atoms with Crippen molar-refractivity contribution in [2.24, 2.45) is 17.6 Å². The van der Waals surface area contributed by atoms with Gasteiger partial charge in [-0.2, -0.15) is 0 Å². The van der Waals surface area contributed by atoms with Crippen molar-refractivity contribution in [1.82, 2.24) is 4.90 Å². The van der Waals surface area contributed by atoms with Crippen molar-refractivity contribution in [3.8, 4) is 0 Å². The van der Waals surface area contributed by atoms with E-state index in [2.05, 4.69) is 65.6 Å². The van der Waals surface area contributed by atoms with E-state index in [9.17, 15) is 0 Å². The first kappa shape index (κ1) is 17.2. The highest BCUT2D eigenvalue weighted by Crippen LogP contribution is 2.29. The fourth-order valence-corrected chi connectivity index (χ4v) is 3.88. The standard InChI is InChI=1S/C22H30N2/c23-15-19-11-13-22(14-12-19)18-24(16-20-7-3-1-4-8-20)17-21-9-5-2-6-10-21/h1-10,19,22H,11-18,23H2. The lowest BCUT2D eigenvalue weighted by molar-refractivity contribution is 0.170. The average molecular weight is 322 g/mol. The van der Waals surface area contributed by atoms with Crippen LogP contribution in [-0.2, 0) is 13.1 Å². The van der Waals surface area contributed by atoms with E-state index in [4.69, 9.17) is 5.73 Å². The second-order valence-corrected chi connectivity index (χ2v) is 7.26. The van der Waals surface area contributed by atoms with Crippen molar-refractivity contribution < 1.29 is 0 Å². The summed E-state index contributed by atoms with van der Waals surface area (Å²) in [7, 11) is 0. The summed E-state index contributed by atoms with van der Waals surface area (Å²) in [5, 5.41) is 0. The van der Waals surface area contributed by atoms with E-state index >= 15 is 0 Å². The molecule has 0 saturated heterocycles. The van der Waals surface area contributed by atoms with Gasteiger partial charge in [-0.25, -0.2) is 0 Å². The predicted octanol–water partition coefficient (Wildman–Crippen LogP) is 4.45. The molecule has 0 aromatic heterocycles. The largest absolute Gasteiger partial charge is 0.330 e. The van der Waals surface area contributed by atoms with Crippen LogP contribution < -0.4 is 5.73 Å². The summed E-state index contributed by atoms with van der Waals surface area (Å²) in [5.41, 5.74) is 8.66. The number of benzene rings is 2. The second-order valence-electron chi connectivity index (χ2n) is 7.26. The molecule has 0 atom stereocenters. The molecule has 0 heterocycles. The van der Waals surface area contributed by atoms with Crippen LogP contribution in [0.4, 0.5) is 0 Å². The molecule has 0 amide bonds. The summed E-state index contributed by atoms with van der Waals surface area (Å²) < 4.78 is 0. The molecular formula is C22H30N2. The molecule has 3 rings (SSSR count). The van der Waals surface area contributed by atoms with Crippen LogP contribution in [0, 0.1) is 11.8 Å². The summed E-state index contributed by atoms with van der Waals surface area (Å²) >= 11 is 0. The van der Waals surface area contributed by atoms with Gasteiger partial charge in [-0.3, -0.25) is 4.90 Å². The normalized spacial score (nSPS) is 21.1. The van der Waals surface area contributed by atoms with Crippen molar-refractivity contribution in [3.63, 3.8) is 0 Å². The quantitative estimate of drug-likeness (QED) is 0.816. The van der Waals surface area contributed by atoms with Crippen molar-refractivity contribution in [1.29, 1.82) is 0 Å². The molecule has 0 bridgehead atoms. The van der Waals surface area contributed by atoms with Crippen molar-refractivity contribution >= 4 is 0 Å². The molecule has 2 N–H and O–H groups in total. The third-order valence-corrected chi connectivity index (χ3v) is 5.31. The van der Waals surface area contributed by atoms with Crippen LogP contribution in [0.3, 0.4) is 0 Å². The van der Waals surface area contributed by atoms with Gasteiger partial charge in [0.1, 0.15) is 0 Å². The summed E-state index contributed by atoms with van der Waals surface area (Å²) in [6.45, 7) is 4.13. The van der Waals surface area contributed by atoms with Gasteiger partial charge in [-0.15, -0.1) is 0 Å². The molecule has 1 aliphatic carbocycles. The highest BCUT2D eigenvalue weighted by Gasteiger charge is 2.22. The molecule has 1 saturated carbocycles. The van der Waals surface area contributed by atoms with Crippen molar-refractivity contribution in [3.05, 3.63) is 71.8 Å². The Hall–Kier alpha value is -1.64. The van der Waals surface area contributed by atoms with Gasteiger partial charge in [0.2, 0.25) is 0 Å². The topological polar surface area (TPSA) is 29.3 Å². The van der Waals surface area contributed by atoms with Gasteiger partial charge in [0.25, 0.3) is 0 Å². The molecule has 2 aromatic rings. The van der Waals surface area contributed by atoms with Gasteiger partial charge in [0.15, 0.2) is 0 Å². The molecule has 0 radical (unpaired) electrons. The lowest BCUT2D eigenvalue weighted by Crippen LogP contribution is -2.32. The molecule has 2 nitrogen and oxygen atoms in total. The van der Waals surface area contributed by atoms with Crippen LogP contribution in [0.2, 0.25) is 0 Å². The van der Waals surface area contributed by atoms with Gasteiger partial charge < -0.3 is 5.73 Å². The lowest BCUT2D eigenvalue weighted by atomic mass is 9.82. The number of hydrogen-bond acceptors (Lipinski definition) is 2. The Morgan fingerprint density at radius 1 is 0.708 bits per heavy atom. The molecule has 24 heavy (non-hydrogen) atoms. The number of nitrogens with two attached hydrogens (primary N) is 1. The van der Waals surface area contributed by atoms with Crippen LogP contribution in [-0.4, -0.2) is 18.0 Å². The van der Waals surface area contributed by atoms with E-state index in [0.29, 0.717) is 0 Å². The van der Waals surface area contributed by atoms with Crippen molar-refractivity contribution in [2.75, 3.05) is 13.1 Å². The summed E-state index contributed by atoms with van der Waals surface area (Å²) in [6, 6.07) is 21.7. The first-order chi connectivity index (χ1) is 11.8. The van der Waals surface area contributed by atoms with E-state index in [1.54, 1.807) is 0 Å². The maximum absolute atomic E-state index is 5.84. The maximum Gasteiger partial charge on any atom is 0.0237 e. The zero-order valence-corrected chi connectivity index (χ0v) is 14.6. The fourth-order valence-electron chi connectivity index (χ4n) is 3.88. The van der Waals surface area contributed by atoms with E-state index in [0.717, 1.165) is 31.5 Å². The fraction of sp³-hybridized carbons (Fsp3) is 0.455. The average Bonchev–Trinajstić information content (AvgIpc) is 2.64. The zero-order chi connectivity index (χ0) is 16.6. The first-order valence-corrected chi connectivity index (χ1v) is 9.33. The highest BCUT2D eigenvalue weighted by molar-refractivity contribution is 5.17. The molecule has 0 unspecified atom stereocenters. The number of hydrogen-bond donors (Lipinski definition) is 1. The van der Waals surface area contributed by atoms with Crippen molar-refractivity contribution in [2.45, 2.75) is 38.8 Å². The monoisotopic (exact) mass is 322 g/mol. The Morgan fingerprint density at radius 2 is 1.17 bits per heavy atom. The van der Waals surface area contributed by atoms with Gasteiger partial charge in [0.05, 0.1) is 0 Å². The van der Waals surface area contributed by atoms with E-state index in [-0.39, 0.29) is 0 Å². The Balaban J connectivity index is 1.63. The Kier molecular flexibility index (Phi) is 6.45. The van der Waals surface area contributed by atoms with Crippen LogP contribution in [0.5, 0.6) is 0 Å². The summed E-state index contributed by atoms with van der Waals surface area (Å²) in [4.78, 5) is 2.62. The Morgan fingerprint density at radius 3 is 1.62 bits per heavy atom. The molecule has 1 aliphatic rings. The molecule has 2 aromatic carbocycles. The minimum Gasteiger partial charge on any atom is -0.330 e. The Bertz CT molecular complexity index is 532. The SMILES string of the molecule is NCC1CCC(CN(Cc2ccccc2)Cc2ccccc2)CC1. The smallest absolute Gasteiger partial charge is 0.0237 e. The molecule has 128 valence electrons. The van der Waals surface area contributed by atoms with Crippen LogP contribution in [0.25, 0.3) is 0 Å². The number of rotatable bonds is 7. The van der Waals surface area contributed by atoms with E-state index in [1.165, 1.54) is 43.4 Å². The molecule has 2 heteroatoms. The first-order valence-electron chi connectivity index (χ1n) is 9.33. The van der Waals surface area contributed by atoms with Gasteiger partial charge >= 0.3 is 0 Å². The van der Waals surface area contributed by atoms with E-state index in [1.807, 2.05) is 0 Å². The number of nitrogens with zero attached hydrogens (tertiary/aromatic N) is 1. The van der Waals surface area contributed by atoms with Gasteiger partial charge in [-0.1, -0.05) is 60.7 Å². The summed E-state index contributed by atoms with van der Waals surface area (Å²) in [6.07, 6.45) is 5.29. The molecule has 1 fully saturated rings. The predicted molar refractivity (Wildman–Crippen MR) is 102 cm³/mol. The van der Waals surface area contributed by atoms with Gasteiger partial charge in [-0.05, 0) is 55.2 Å². The second kappa shape index (κ2) is 9.00. The minimum atomic E-state index is 0.762. The van der Waals surface area contributed by atoms with Crippen LogP contribution in [0.1, 0.15) is 36.8 Å². The third kappa shape index (κ3) is 5.19. The highest BCUT2D eigenvalue weighted by atomic mass is 15.1. The van der Waals surface area contributed by atoms with Crippen LogP contribution in [0.15, 0.2) is 60.7 Å². The van der Waals surface area contributed by atoms with E-state index < -0.39 is 0 Å². The van der Waals surface area contributed by atoms with Crippen LogP contribution >= 0.6 is 0 Å². The maximum atomic E-state index is 5.84.